The summed E-state index contributed by atoms with van der Waals surface area (Å²) in [6.45, 7) is 1.98. The molecule has 2 aliphatic heterocycles. The van der Waals surface area contributed by atoms with Gasteiger partial charge in [0.25, 0.3) is 11.8 Å². The Morgan fingerprint density at radius 1 is 1.39 bits per heavy atom. The van der Waals surface area contributed by atoms with E-state index in [1.807, 2.05) is 32.2 Å². The predicted molar refractivity (Wildman–Crippen MR) is 140 cm³/mol. The number of nitrogens with one attached hydrogen (secondary N) is 2. The van der Waals surface area contributed by atoms with Gasteiger partial charge in [0.15, 0.2) is 10.8 Å². The maximum atomic E-state index is 13.0. The lowest BCUT2D eigenvalue weighted by molar-refractivity contribution is -0.150. The smallest absolute Gasteiger partial charge is 0.352 e. The number of β-lactam (4-membered cyclic amide) rings is 1. The number of aliphatic carboxylic acids is 1. The molecule has 0 radical (unpaired) electrons. The van der Waals surface area contributed by atoms with Crippen molar-refractivity contribution in [1.82, 2.24) is 19.9 Å². The van der Waals surface area contributed by atoms with Gasteiger partial charge in [-0.2, -0.15) is 0 Å². The summed E-state index contributed by atoms with van der Waals surface area (Å²) in [7, 11) is 3.12. The number of carboxylic acids is 1. The van der Waals surface area contributed by atoms with E-state index in [9.17, 15) is 19.5 Å². The normalized spacial score (nSPS) is 19.6. The number of aromatic nitrogens is 1. The van der Waals surface area contributed by atoms with Gasteiger partial charge in [0.05, 0.1) is 0 Å². The number of nitrogen functional groups attached to an aromatic ring is 1. The second-order valence-electron chi connectivity index (χ2n) is 7.95. The molecule has 2 aromatic rings. The highest BCUT2D eigenvalue weighted by molar-refractivity contribution is 8.00. The summed E-state index contributed by atoms with van der Waals surface area (Å²) in [4.78, 5) is 49.2. The Morgan fingerprint density at radius 2 is 2.17 bits per heavy atom. The first-order chi connectivity index (χ1) is 17.2. The van der Waals surface area contributed by atoms with Crippen molar-refractivity contribution in [3.63, 3.8) is 0 Å². The number of rotatable bonds is 9. The third-order valence-corrected chi connectivity index (χ3v) is 8.14. The monoisotopic (exact) mass is 548 g/mol. The molecule has 1 aromatic carbocycles. The third-order valence-electron chi connectivity index (χ3n) is 5.45. The number of thioether (sulfide) groups is 1. The Hall–Kier alpha value is -3.07. The predicted octanol–water partition coefficient (Wildman–Crippen LogP) is 1.59. The quantitative estimate of drug-likeness (QED) is 0.157. The number of thiazole rings is 1. The lowest BCUT2D eigenvalue weighted by atomic mass is 9.98. The summed E-state index contributed by atoms with van der Waals surface area (Å²) in [5, 5.41) is 17.6. The molecule has 14 heteroatoms. The number of hydrogen-bond donors (Lipinski definition) is 4. The number of carboxylic acid groups (broad SMARTS) is 1. The minimum atomic E-state index is -1.18. The van der Waals surface area contributed by atoms with Crippen LogP contribution in [0.15, 0.2) is 44.9 Å². The summed E-state index contributed by atoms with van der Waals surface area (Å²) >= 11 is 4.02. The standard InChI is InChI=1S/C22H24N6O5S3/c1-10-4-11(7-13(5-10)36-24-2)6-12-8-34-20-16(19(30)28(20)17(12)21(31)32)26-18(29)15(27-33-3)14-9-35-22(23)25-14/h4-5,7,9,16,20,24H,6,8H2,1-3H3,(H2,23,25)(H,26,29)(H,31,32)/b27-15-/t16-,20-/m1/s1. The number of anilines is 1. The number of amides is 2. The highest BCUT2D eigenvalue weighted by Crippen LogP contribution is 2.41. The first-order valence-corrected chi connectivity index (χ1v) is 13.5. The number of nitrogens with two attached hydrogens (primary N) is 1. The molecule has 1 fully saturated rings. The fourth-order valence-corrected chi connectivity index (χ4v) is 6.66. The molecule has 0 bridgehead atoms. The Balaban J connectivity index is 1.54. The van der Waals surface area contributed by atoms with Crippen molar-refractivity contribution in [2.45, 2.75) is 29.7 Å². The molecule has 0 saturated carbocycles. The minimum absolute atomic E-state index is 0.0309. The van der Waals surface area contributed by atoms with E-state index in [0.29, 0.717) is 17.7 Å². The number of hydrogen-bond acceptors (Lipinski definition) is 11. The highest BCUT2D eigenvalue weighted by Gasteiger charge is 2.54. The molecule has 1 saturated heterocycles. The Kier molecular flexibility index (Phi) is 7.88. The molecular weight excluding hydrogens is 524 g/mol. The topological polar surface area (TPSA) is 159 Å². The number of carbonyl (C=O) groups excluding carboxylic acids is 2. The average molecular weight is 549 g/mol. The van der Waals surface area contributed by atoms with Crippen LogP contribution in [0, 0.1) is 6.92 Å². The van der Waals surface area contributed by atoms with E-state index in [2.05, 4.69) is 20.2 Å². The zero-order valence-corrected chi connectivity index (χ0v) is 22.1. The van der Waals surface area contributed by atoms with E-state index < -0.39 is 29.2 Å². The first kappa shape index (κ1) is 26.0. The second-order valence-corrected chi connectivity index (χ2v) is 11.0. The molecule has 1 aromatic heterocycles. The summed E-state index contributed by atoms with van der Waals surface area (Å²) in [5.74, 6) is -1.93. The maximum absolute atomic E-state index is 13.0. The molecule has 2 aliphatic rings. The van der Waals surface area contributed by atoms with E-state index in [0.717, 1.165) is 27.4 Å². The second kappa shape index (κ2) is 10.9. The summed E-state index contributed by atoms with van der Waals surface area (Å²) in [5.41, 5.74) is 8.39. The molecule has 0 unspecified atom stereocenters. The van der Waals surface area contributed by atoms with Gasteiger partial charge in [-0.05, 0) is 61.2 Å². The Labute approximate surface area is 219 Å². The molecular formula is C22H24N6O5S3. The van der Waals surface area contributed by atoms with E-state index in [1.54, 1.807) is 5.38 Å². The maximum Gasteiger partial charge on any atom is 0.352 e. The van der Waals surface area contributed by atoms with Gasteiger partial charge in [-0.1, -0.05) is 11.2 Å². The van der Waals surface area contributed by atoms with E-state index >= 15 is 0 Å². The van der Waals surface area contributed by atoms with Crippen molar-refractivity contribution in [3.8, 4) is 0 Å². The van der Waals surface area contributed by atoms with Gasteiger partial charge in [0.2, 0.25) is 0 Å². The van der Waals surface area contributed by atoms with Crippen LogP contribution in [0.4, 0.5) is 5.13 Å². The van der Waals surface area contributed by atoms with Gasteiger partial charge in [-0.15, -0.1) is 23.1 Å². The van der Waals surface area contributed by atoms with Crippen LogP contribution in [0.2, 0.25) is 0 Å². The van der Waals surface area contributed by atoms with Crippen molar-refractivity contribution >= 4 is 63.7 Å². The Bertz CT molecular complexity index is 1280. The fraction of sp³-hybridized carbons (Fsp3) is 0.318. The number of carbonyl (C=O) groups is 3. The van der Waals surface area contributed by atoms with Gasteiger partial charge in [0, 0.05) is 16.0 Å². The molecule has 190 valence electrons. The average Bonchev–Trinajstić information content (AvgIpc) is 3.25. The van der Waals surface area contributed by atoms with Crippen LogP contribution >= 0.6 is 35.0 Å². The summed E-state index contributed by atoms with van der Waals surface area (Å²) in [6, 6.07) is 5.14. The lowest BCUT2D eigenvalue weighted by Gasteiger charge is -2.49. The van der Waals surface area contributed by atoms with E-state index in [4.69, 9.17) is 10.6 Å². The highest BCUT2D eigenvalue weighted by atomic mass is 32.2. The fourth-order valence-electron chi connectivity index (χ4n) is 4.07. The molecule has 36 heavy (non-hydrogen) atoms. The first-order valence-electron chi connectivity index (χ1n) is 10.7. The SMILES string of the molecule is CNSc1cc(C)cc(CC2=C(C(=O)O)N3C(=O)[C@@H](NC(=O)/C(=N\OC)c4csc(N)n4)[C@H]3SC2)c1. The molecule has 2 amide bonds. The van der Waals surface area contributed by atoms with Crippen molar-refractivity contribution in [3.05, 3.63) is 51.7 Å². The van der Waals surface area contributed by atoms with Crippen molar-refractivity contribution in [1.29, 1.82) is 0 Å². The van der Waals surface area contributed by atoms with Crippen LogP contribution in [0.25, 0.3) is 0 Å². The molecule has 11 nitrogen and oxygen atoms in total. The molecule has 4 rings (SSSR count). The van der Waals surface area contributed by atoms with Crippen LogP contribution < -0.4 is 15.8 Å². The number of aryl methyl sites for hydroxylation is 1. The van der Waals surface area contributed by atoms with Gasteiger partial charge in [0.1, 0.15) is 29.9 Å². The summed E-state index contributed by atoms with van der Waals surface area (Å²) in [6.07, 6.45) is 0.400. The van der Waals surface area contributed by atoms with Gasteiger partial charge in [-0.25, -0.2) is 9.78 Å². The van der Waals surface area contributed by atoms with Crippen molar-refractivity contribution in [2.24, 2.45) is 5.16 Å². The molecule has 0 aliphatic carbocycles. The lowest BCUT2D eigenvalue weighted by Crippen LogP contribution is -2.71. The van der Waals surface area contributed by atoms with E-state index in [-0.39, 0.29) is 22.2 Å². The van der Waals surface area contributed by atoms with E-state index in [1.165, 1.54) is 35.7 Å². The molecule has 3 heterocycles. The zero-order chi connectivity index (χ0) is 26.0. The number of benzene rings is 1. The molecule has 0 spiro atoms. The Morgan fingerprint density at radius 3 is 2.81 bits per heavy atom. The zero-order valence-electron chi connectivity index (χ0n) is 19.6. The third kappa shape index (κ3) is 5.21. The number of fused-ring (bicyclic) bond motifs is 1. The van der Waals surface area contributed by atoms with Crippen LogP contribution in [-0.4, -0.2) is 69.8 Å². The number of nitrogens with zero attached hydrogens (tertiary/aromatic N) is 3. The van der Waals surface area contributed by atoms with Gasteiger partial charge in [-0.3, -0.25) is 19.2 Å². The minimum Gasteiger partial charge on any atom is -0.477 e. The van der Waals surface area contributed by atoms with Crippen LogP contribution in [-0.2, 0) is 25.6 Å². The van der Waals surface area contributed by atoms with Crippen LogP contribution in [0.3, 0.4) is 0 Å². The molecule has 5 N–H and O–H groups in total. The van der Waals surface area contributed by atoms with Crippen LogP contribution in [0.5, 0.6) is 0 Å². The van der Waals surface area contributed by atoms with Crippen molar-refractivity contribution < 1.29 is 24.3 Å². The van der Waals surface area contributed by atoms with Crippen molar-refractivity contribution in [2.75, 3.05) is 25.6 Å². The van der Waals surface area contributed by atoms with Crippen LogP contribution in [0.1, 0.15) is 16.8 Å². The van der Waals surface area contributed by atoms with Gasteiger partial charge < -0.3 is 21.0 Å². The van der Waals surface area contributed by atoms with Gasteiger partial charge >= 0.3 is 5.97 Å². The molecule has 2 atom stereocenters. The number of oxime groups is 1. The largest absolute Gasteiger partial charge is 0.477 e. The summed E-state index contributed by atoms with van der Waals surface area (Å²) < 4.78 is 3.04.